The fraction of sp³-hybridized carbons (Fsp3) is 0.643. The predicted octanol–water partition coefficient (Wildman–Crippen LogP) is 1.21. The van der Waals surface area contributed by atoms with Gasteiger partial charge in [0.05, 0.1) is 11.5 Å². The topological polar surface area (TPSA) is 71.7 Å². The highest BCUT2D eigenvalue weighted by Gasteiger charge is 2.27. The van der Waals surface area contributed by atoms with Gasteiger partial charge in [0.1, 0.15) is 12.0 Å². The van der Waals surface area contributed by atoms with Crippen molar-refractivity contribution in [1.29, 1.82) is 0 Å². The van der Waals surface area contributed by atoms with E-state index in [1.54, 1.807) is 6.92 Å². The Morgan fingerprint density at radius 3 is 2.71 bits per heavy atom. The van der Waals surface area contributed by atoms with Crippen molar-refractivity contribution in [1.82, 2.24) is 9.88 Å². The molecule has 3 rings (SSSR count). The van der Waals surface area contributed by atoms with Crippen LogP contribution in [0.2, 0.25) is 0 Å². The Balaban J connectivity index is 1.64. The molecular weight excluding hydrogens is 272 g/mol. The number of piperazine rings is 1. The van der Waals surface area contributed by atoms with E-state index in [0.717, 1.165) is 51.6 Å². The van der Waals surface area contributed by atoms with Gasteiger partial charge in [-0.25, -0.2) is 4.98 Å². The molecule has 3 heterocycles. The Morgan fingerprint density at radius 2 is 2.14 bits per heavy atom. The van der Waals surface area contributed by atoms with Gasteiger partial charge in [-0.1, -0.05) is 0 Å². The molecule has 2 saturated heterocycles. The number of ether oxygens (including phenoxy) is 1. The second kappa shape index (κ2) is 5.95. The molecule has 114 valence electrons. The van der Waals surface area contributed by atoms with Gasteiger partial charge in [-0.15, -0.1) is 0 Å². The fourth-order valence-corrected chi connectivity index (χ4v) is 3.02. The van der Waals surface area contributed by atoms with E-state index in [1.807, 2.05) is 6.07 Å². The summed E-state index contributed by atoms with van der Waals surface area (Å²) in [5.74, 6) is 0.834. The van der Waals surface area contributed by atoms with Gasteiger partial charge in [0, 0.05) is 44.4 Å². The molecule has 7 heteroatoms. The minimum atomic E-state index is -0.385. The summed E-state index contributed by atoms with van der Waals surface area (Å²) in [6, 6.07) is 2.37. The summed E-state index contributed by atoms with van der Waals surface area (Å²) < 4.78 is 5.44. The molecule has 2 aliphatic rings. The Kier molecular flexibility index (Phi) is 4.03. The van der Waals surface area contributed by atoms with Crippen LogP contribution in [0.5, 0.6) is 0 Å². The van der Waals surface area contributed by atoms with Gasteiger partial charge in [0.25, 0.3) is 5.69 Å². The first-order chi connectivity index (χ1) is 10.1. The first-order valence-electron chi connectivity index (χ1n) is 7.33. The molecule has 21 heavy (non-hydrogen) atoms. The molecule has 1 aromatic heterocycles. The number of hydrogen-bond donors (Lipinski definition) is 0. The smallest absolute Gasteiger partial charge is 0.290 e. The average molecular weight is 292 g/mol. The van der Waals surface area contributed by atoms with Crippen LogP contribution in [0.3, 0.4) is 0 Å². The number of rotatable bonds is 3. The lowest BCUT2D eigenvalue weighted by molar-refractivity contribution is -0.385. The van der Waals surface area contributed by atoms with Gasteiger partial charge in [-0.2, -0.15) is 0 Å². The minimum Gasteiger partial charge on any atom is -0.380 e. The molecule has 2 fully saturated rings. The maximum atomic E-state index is 10.8. The quantitative estimate of drug-likeness (QED) is 0.616. The number of nitrogens with zero attached hydrogens (tertiary/aromatic N) is 4. The van der Waals surface area contributed by atoms with Gasteiger partial charge in [-0.05, 0) is 19.4 Å². The van der Waals surface area contributed by atoms with Crippen molar-refractivity contribution >= 4 is 11.5 Å². The van der Waals surface area contributed by atoms with E-state index in [4.69, 9.17) is 4.74 Å². The zero-order valence-corrected chi connectivity index (χ0v) is 12.2. The van der Waals surface area contributed by atoms with Crippen LogP contribution in [0, 0.1) is 17.0 Å². The molecule has 0 amide bonds. The lowest BCUT2D eigenvalue weighted by Gasteiger charge is -2.38. The standard InChI is InChI=1S/C14H20N4O3/c1-11-8-14(15-9-13(11)18(19)20)17-5-3-16(4-6-17)12-2-7-21-10-12/h8-9,12H,2-7,10H2,1H3/t12-/m0/s1. The third-order valence-corrected chi connectivity index (χ3v) is 4.33. The van der Waals surface area contributed by atoms with Crippen molar-refractivity contribution in [2.75, 3.05) is 44.3 Å². The molecule has 0 aliphatic carbocycles. The van der Waals surface area contributed by atoms with E-state index in [-0.39, 0.29) is 10.6 Å². The minimum absolute atomic E-state index is 0.0838. The maximum absolute atomic E-state index is 10.8. The van der Waals surface area contributed by atoms with Crippen LogP contribution < -0.4 is 4.90 Å². The normalized spacial score (nSPS) is 23.5. The van der Waals surface area contributed by atoms with E-state index >= 15 is 0 Å². The van der Waals surface area contributed by atoms with Crippen LogP contribution in [-0.4, -0.2) is 60.2 Å². The monoisotopic (exact) mass is 292 g/mol. The first kappa shape index (κ1) is 14.2. The molecule has 0 aromatic carbocycles. The van der Waals surface area contributed by atoms with Crippen LogP contribution in [-0.2, 0) is 4.74 Å². The lowest BCUT2D eigenvalue weighted by Crippen LogP contribution is -2.50. The van der Waals surface area contributed by atoms with Crippen molar-refractivity contribution in [2.24, 2.45) is 0 Å². The lowest BCUT2D eigenvalue weighted by atomic mass is 10.2. The van der Waals surface area contributed by atoms with E-state index in [1.165, 1.54) is 6.20 Å². The second-order valence-corrected chi connectivity index (χ2v) is 5.63. The summed E-state index contributed by atoms with van der Waals surface area (Å²) in [4.78, 5) is 19.4. The predicted molar refractivity (Wildman–Crippen MR) is 78.6 cm³/mol. The van der Waals surface area contributed by atoms with Crippen molar-refractivity contribution in [3.8, 4) is 0 Å². The fourth-order valence-electron chi connectivity index (χ4n) is 3.02. The third-order valence-electron chi connectivity index (χ3n) is 4.33. The molecule has 0 unspecified atom stereocenters. The summed E-state index contributed by atoms with van der Waals surface area (Å²) in [5, 5.41) is 10.8. The molecule has 1 aromatic rings. The van der Waals surface area contributed by atoms with E-state index < -0.39 is 0 Å². The highest BCUT2D eigenvalue weighted by atomic mass is 16.6. The van der Waals surface area contributed by atoms with Gasteiger partial charge in [0.15, 0.2) is 0 Å². The third kappa shape index (κ3) is 2.98. The SMILES string of the molecule is Cc1cc(N2CCN([C@H]3CCOC3)CC2)ncc1[N+](=O)[O-]. The maximum Gasteiger partial charge on any atom is 0.290 e. The largest absolute Gasteiger partial charge is 0.380 e. The molecule has 0 saturated carbocycles. The molecule has 0 spiro atoms. The zero-order valence-electron chi connectivity index (χ0n) is 12.2. The van der Waals surface area contributed by atoms with Crippen LogP contribution in [0.25, 0.3) is 0 Å². The Labute approximate surface area is 123 Å². The summed E-state index contributed by atoms with van der Waals surface area (Å²) in [5.41, 5.74) is 0.747. The van der Waals surface area contributed by atoms with Crippen molar-refractivity contribution < 1.29 is 9.66 Å². The van der Waals surface area contributed by atoms with E-state index in [0.29, 0.717) is 11.6 Å². The second-order valence-electron chi connectivity index (χ2n) is 5.63. The summed E-state index contributed by atoms with van der Waals surface area (Å²) in [6.45, 7) is 7.26. The molecule has 1 atom stereocenters. The molecule has 0 radical (unpaired) electrons. The van der Waals surface area contributed by atoms with Gasteiger partial charge < -0.3 is 9.64 Å². The van der Waals surface area contributed by atoms with Crippen molar-refractivity contribution in [3.63, 3.8) is 0 Å². The number of pyridine rings is 1. The Bertz CT molecular complexity index is 523. The van der Waals surface area contributed by atoms with Gasteiger partial charge in [-0.3, -0.25) is 15.0 Å². The summed E-state index contributed by atoms with van der Waals surface area (Å²) >= 11 is 0. The van der Waals surface area contributed by atoms with Crippen molar-refractivity contribution in [2.45, 2.75) is 19.4 Å². The van der Waals surface area contributed by atoms with Crippen LogP contribution in [0.4, 0.5) is 11.5 Å². The number of nitro groups is 1. The summed E-state index contributed by atoms with van der Waals surface area (Å²) in [7, 11) is 0. The van der Waals surface area contributed by atoms with E-state index in [9.17, 15) is 10.1 Å². The summed E-state index contributed by atoms with van der Waals surface area (Å²) in [6.07, 6.45) is 2.48. The van der Waals surface area contributed by atoms with E-state index in [2.05, 4.69) is 14.8 Å². The van der Waals surface area contributed by atoms with Crippen molar-refractivity contribution in [3.05, 3.63) is 27.9 Å². The average Bonchev–Trinajstić information content (AvgIpc) is 3.01. The Morgan fingerprint density at radius 1 is 1.38 bits per heavy atom. The van der Waals surface area contributed by atoms with Crippen LogP contribution >= 0.6 is 0 Å². The van der Waals surface area contributed by atoms with Crippen LogP contribution in [0.1, 0.15) is 12.0 Å². The number of hydrogen-bond acceptors (Lipinski definition) is 6. The highest BCUT2D eigenvalue weighted by Crippen LogP contribution is 2.23. The number of anilines is 1. The van der Waals surface area contributed by atoms with Crippen LogP contribution in [0.15, 0.2) is 12.3 Å². The molecule has 0 N–H and O–H groups in total. The first-order valence-corrected chi connectivity index (χ1v) is 7.33. The van der Waals surface area contributed by atoms with Gasteiger partial charge in [0.2, 0.25) is 0 Å². The molecule has 0 bridgehead atoms. The number of aryl methyl sites for hydroxylation is 1. The molecular formula is C14H20N4O3. The van der Waals surface area contributed by atoms with Gasteiger partial charge >= 0.3 is 0 Å². The Hall–Kier alpha value is -1.73. The number of aromatic nitrogens is 1. The highest BCUT2D eigenvalue weighted by molar-refractivity contribution is 5.48. The zero-order chi connectivity index (χ0) is 14.8. The molecule has 7 nitrogen and oxygen atoms in total. The molecule has 2 aliphatic heterocycles.